The zero-order valence-corrected chi connectivity index (χ0v) is 12.0. The van der Waals surface area contributed by atoms with E-state index in [0.29, 0.717) is 12.3 Å². The second kappa shape index (κ2) is 5.14. The van der Waals surface area contributed by atoms with Crippen molar-refractivity contribution < 1.29 is 21.6 Å². The predicted molar refractivity (Wildman–Crippen MR) is 69.2 cm³/mol. The van der Waals surface area contributed by atoms with E-state index in [0.717, 1.165) is 0 Å². The fourth-order valence-electron chi connectivity index (χ4n) is 1.75. The van der Waals surface area contributed by atoms with Crippen molar-refractivity contribution in [1.82, 2.24) is 14.5 Å². The van der Waals surface area contributed by atoms with E-state index in [1.807, 2.05) is 0 Å². The molecule has 2 heterocycles. The summed E-state index contributed by atoms with van der Waals surface area (Å²) in [6, 6.07) is 0.607. The molecule has 2 aromatic heterocycles. The number of aryl methyl sites for hydroxylation is 1. The highest BCUT2D eigenvalue weighted by molar-refractivity contribution is 7.91. The lowest BCUT2D eigenvalue weighted by Crippen LogP contribution is -2.13. The van der Waals surface area contributed by atoms with Gasteiger partial charge in [-0.2, -0.15) is 13.2 Å². The van der Waals surface area contributed by atoms with Gasteiger partial charge in [0.1, 0.15) is 5.69 Å². The summed E-state index contributed by atoms with van der Waals surface area (Å²) in [6.07, 6.45) is -1.09. The molecule has 0 unspecified atom stereocenters. The fraction of sp³-hybridized carbons (Fsp3) is 0.333. The van der Waals surface area contributed by atoms with E-state index < -0.39 is 26.5 Å². The molecule has 0 fully saturated rings. The molecule has 2 rings (SSSR count). The predicted octanol–water partition coefficient (Wildman–Crippen LogP) is 2.29. The minimum Gasteiger partial charge on any atom is -0.333 e. The van der Waals surface area contributed by atoms with Crippen LogP contribution in [0, 0.1) is 0 Å². The highest BCUT2D eigenvalue weighted by Crippen LogP contribution is 2.33. The van der Waals surface area contributed by atoms with Gasteiger partial charge in [0.2, 0.25) is 0 Å². The van der Waals surface area contributed by atoms with E-state index in [1.54, 1.807) is 13.2 Å². The fourth-order valence-corrected chi connectivity index (χ4v) is 2.81. The van der Waals surface area contributed by atoms with Crippen molar-refractivity contribution in [2.75, 3.05) is 5.75 Å². The van der Waals surface area contributed by atoms with Gasteiger partial charge in [-0.25, -0.2) is 13.4 Å². The quantitative estimate of drug-likeness (QED) is 0.871. The van der Waals surface area contributed by atoms with E-state index in [-0.39, 0.29) is 17.3 Å². The first-order valence-electron chi connectivity index (χ1n) is 5.94. The van der Waals surface area contributed by atoms with Gasteiger partial charge in [-0.15, -0.1) is 0 Å². The summed E-state index contributed by atoms with van der Waals surface area (Å²) in [5, 5.41) is 0. The van der Waals surface area contributed by atoms with Crippen molar-refractivity contribution in [3.8, 4) is 11.5 Å². The molecule has 0 spiro atoms. The average Bonchev–Trinajstić information content (AvgIpc) is 2.83. The summed E-state index contributed by atoms with van der Waals surface area (Å²) in [6.45, 7) is 1.36. The van der Waals surface area contributed by atoms with Gasteiger partial charge < -0.3 is 4.57 Å². The Morgan fingerprint density at radius 1 is 1.29 bits per heavy atom. The van der Waals surface area contributed by atoms with E-state index in [1.165, 1.54) is 17.7 Å². The standard InChI is InChI=1S/C12H12F3N3O2S/c1-3-21(19,20)9-6-8(12(13,14)15)7-17-10(9)11-16-4-5-18(11)2/h4-7H,3H2,1-2H3. The molecule has 0 saturated heterocycles. The van der Waals surface area contributed by atoms with Gasteiger partial charge in [0.15, 0.2) is 15.7 Å². The van der Waals surface area contributed by atoms with E-state index in [4.69, 9.17) is 0 Å². The Bertz CT molecular complexity index is 766. The normalized spacial score (nSPS) is 12.6. The second-order valence-corrected chi connectivity index (χ2v) is 6.58. The molecule has 0 atom stereocenters. The van der Waals surface area contributed by atoms with Gasteiger partial charge in [-0.05, 0) is 6.07 Å². The van der Waals surface area contributed by atoms with Crippen LogP contribution in [-0.2, 0) is 23.1 Å². The van der Waals surface area contributed by atoms with E-state index in [2.05, 4.69) is 9.97 Å². The Kier molecular flexibility index (Phi) is 3.79. The van der Waals surface area contributed by atoms with E-state index >= 15 is 0 Å². The van der Waals surface area contributed by atoms with Crippen molar-refractivity contribution in [1.29, 1.82) is 0 Å². The first-order valence-corrected chi connectivity index (χ1v) is 7.59. The minimum atomic E-state index is -4.66. The number of pyridine rings is 1. The number of hydrogen-bond acceptors (Lipinski definition) is 4. The van der Waals surface area contributed by atoms with Crippen LogP contribution in [0.25, 0.3) is 11.5 Å². The lowest BCUT2D eigenvalue weighted by Gasteiger charge is -2.12. The third-order valence-corrected chi connectivity index (χ3v) is 4.67. The van der Waals surface area contributed by atoms with E-state index in [9.17, 15) is 21.6 Å². The highest BCUT2D eigenvalue weighted by Gasteiger charge is 2.34. The number of nitrogens with zero attached hydrogens (tertiary/aromatic N) is 3. The molecular weight excluding hydrogens is 307 g/mol. The van der Waals surface area contributed by atoms with Crippen molar-refractivity contribution in [2.45, 2.75) is 18.0 Å². The molecule has 0 aromatic carbocycles. The van der Waals surface area contributed by atoms with Gasteiger partial charge in [-0.3, -0.25) is 4.98 Å². The third-order valence-electron chi connectivity index (χ3n) is 2.93. The number of hydrogen-bond donors (Lipinski definition) is 0. The van der Waals surface area contributed by atoms with Crippen molar-refractivity contribution in [3.05, 3.63) is 30.2 Å². The summed E-state index contributed by atoms with van der Waals surface area (Å²) in [7, 11) is -2.27. The molecule has 5 nitrogen and oxygen atoms in total. The molecule has 0 aliphatic carbocycles. The summed E-state index contributed by atoms with van der Waals surface area (Å²) < 4.78 is 63.9. The maximum atomic E-state index is 12.8. The van der Waals surface area contributed by atoms with Gasteiger partial charge in [0, 0.05) is 25.6 Å². The van der Waals surface area contributed by atoms with Crippen molar-refractivity contribution >= 4 is 9.84 Å². The van der Waals surface area contributed by atoms with Crippen LogP contribution in [0.1, 0.15) is 12.5 Å². The first kappa shape index (κ1) is 15.5. The van der Waals surface area contributed by atoms with Crippen LogP contribution in [0.15, 0.2) is 29.6 Å². The Morgan fingerprint density at radius 3 is 2.43 bits per heavy atom. The number of sulfone groups is 1. The Hall–Kier alpha value is -1.90. The number of imidazole rings is 1. The monoisotopic (exact) mass is 319 g/mol. The summed E-state index contributed by atoms with van der Waals surface area (Å²) >= 11 is 0. The molecular formula is C12H12F3N3O2S. The molecule has 0 amide bonds. The summed E-state index contributed by atoms with van der Waals surface area (Å²) in [5.74, 6) is -0.135. The first-order chi connectivity index (χ1) is 9.66. The minimum absolute atomic E-state index is 0.0858. The van der Waals surface area contributed by atoms with Crippen LogP contribution in [0.3, 0.4) is 0 Å². The van der Waals surface area contributed by atoms with Gasteiger partial charge in [-0.1, -0.05) is 6.92 Å². The molecule has 114 valence electrons. The molecule has 2 aromatic rings. The van der Waals surface area contributed by atoms with Gasteiger partial charge >= 0.3 is 6.18 Å². The number of aromatic nitrogens is 3. The number of rotatable bonds is 3. The summed E-state index contributed by atoms with van der Waals surface area (Å²) in [5.41, 5.74) is -1.19. The van der Waals surface area contributed by atoms with Crippen molar-refractivity contribution in [2.24, 2.45) is 7.05 Å². The maximum absolute atomic E-state index is 12.8. The molecule has 0 bridgehead atoms. The molecule has 0 radical (unpaired) electrons. The highest BCUT2D eigenvalue weighted by atomic mass is 32.2. The SMILES string of the molecule is CCS(=O)(=O)c1cc(C(F)(F)F)cnc1-c1nccn1C. The second-order valence-electron chi connectivity index (χ2n) is 4.33. The number of halogens is 3. The van der Waals surface area contributed by atoms with Crippen molar-refractivity contribution in [3.63, 3.8) is 0 Å². The van der Waals surface area contributed by atoms with Gasteiger partial charge in [0.05, 0.1) is 16.2 Å². The molecule has 0 aliphatic rings. The number of alkyl halides is 3. The van der Waals surface area contributed by atoms with Crippen LogP contribution < -0.4 is 0 Å². The molecule has 21 heavy (non-hydrogen) atoms. The molecule has 0 saturated carbocycles. The zero-order chi connectivity index (χ0) is 15.8. The average molecular weight is 319 g/mol. The largest absolute Gasteiger partial charge is 0.417 e. The molecule has 9 heteroatoms. The zero-order valence-electron chi connectivity index (χ0n) is 11.2. The van der Waals surface area contributed by atoms with Crippen LogP contribution >= 0.6 is 0 Å². The Balaban J connectivity index is 2.76. The van der Waals surface area contributed by atoms with Crippen LogP contribution in [0.2, 0.25) is 0 Å². The van der Waals surface area contributed by atoms with Gasteiger partial charge in [0.25, 0.3) is 0 Å². The van der Waals surface area contributed by atoms with Crippen LogP contribution in [0.4, 0.5) is 13.2 Å². The molecule has 0 aliphatic heterocycles. The lowest BCUT2D eigenvalue weighted by atomic mass is 10.2. The summed E-state index contributed by atoms with van der Waals surface area (Å²) in [4.78, 5) is 7.16. The Labute approximate surface area is 119 Å². The molecule has 0 N–H and O–H groups in total. The topological polar surface area (TPSA) is 64.8 Å². The van der Waals surface area contributed by atoms with Crippen LogP contribution in [0.5, 0.6) is 0 Å². The van der Waals surface area contributed by atoms with Crippen LogP contribution in [-0.4, -0.2) is 28.7 Å². The Morgan fingerprint density at radius 2 is 1.95 bits per heavy atom. The maximum Gasteiger partial charge on any atom is 0.417 e. The third kappa shape index (κ3) is 2.92. The lowest BCUT2D eigenvalue weighted by molar-refractivity contribution is -0.138. The smallest absolute Gasteiger partial charge is 0.333 e.